The Morgan fingerprint density at radius 1 is 1.50 bits per heavy atom. The predicted octanol–water partition coefficient (Wildman–Crippen LogP) is 0.148. The number of nitrogens with one attached hydrogen (secondary N) is 1. The summed E-state index contributed by atoms with van der Waals surface area (Å²) < 4.78 is 0. The van der Waals surface area contributed by atoms with E-state index >= 15 is 0 Å². The Morgan fingerprint density at radius 3 is 2.30 bits per heavy atom. The summed E-state index contributed by atoms with van der Waals surface area (Å²) in [5.41, 5.74) is 5.16. The van der Waals surface area contributed by atoms with Crippen LogP contribution in [0.4, 0.5) is 4.79 Å². The van der Waals surface area contributed by atoms with Crippen LogP contribution < -0.4 is 11.1 Å². The predicted molar refractivity (Wildman–Crippen MR) is 37.2 cm³/mol. The molecule has 0 aliphatic carbocycles. The largest absolute Gasteiger partial charge is 0.351 e. The van der Waals surface area contributed by atoms with Gasteiger partial charge in [-0.1, -0.05) is 6.08 Å². The van der Waals surface area contributed by atoms with E-state index in [1.165, 1.54) is 0 Å². The van der Waals surface area contributed by atoms with Gasteiger partial charge in [0.25, 0.3) is 5.91 Å². The molecule has 0 aromatic rings. The molecular weight excluding hydrogens is 132 g/mol. The van der Waals surface area contributed by atoms with E-state index < -0.39 is 11.9 Å². The van der Waals surface area contributed by atoms with Crippen LogP contribution >= 0.6 is 0 Å². The molecule has 0 unspecified atom stereocenters. The standard InChI is InChI=1S/C6H10N2O2/c1-3-4(2)5(9)8-6(7)10/h3H,1-2H3,(H3,7,8,9,10)/b4-3+. The van der Waals surface area contributed by atoms with Crippen molar-refractivity contribution in [1.82, 2.24) is 5.32 Å². The molecule has 0 bridgehead atoms. The van der Waals surface area contributed by atoms with Gasteiger partial charge in [0.15, 0.2) is 0 Å². The minimum atomic E-state index is -0.828. The first-order valence-corrected chi connectivity index (χ1v) is 2.81. The number of amides is 3. The Morgan fingerprint density at radius 2 is 2.00 bits per heavy atom. The highest BCUT2D eigenvalue weighted by atomic mass is 16.2. The lowest BCUT2D eigenvalue weighted by atomic mass is 10.3. The highest BCUT2D eigenvalue weighted by Gasteiger charge is 2.03. The van der Waals surface area contributed by atoms with E-state index in [1.807, 2.05) is 5.32 Å². The third-order valence-electron chi connectivity index (χ3n) is 1.03. The number of allylic oxidation sites excluding steroid dienone is 1. The Labute approximate surface area is 59.1 Å². The minimum Gasteiger partial charge on any atom is -0.351 e. The van der Waals surface area contributed by atoms with Crippen molar-refractivity contribution < 1.29 is 9.59 Å². The van der Waals surface area contributed by atoms with E-state index in [2.05, 4.69) is 5.73 Å². The second-order valence-corrected chi connectivity index (χ2v) is 1.79. The summed E-state index contributed by atoms with van der Waals surface area (Å²) in [5.74, 6) is -0.449. The summed E-state index contributed by atoms with van der Waals surface area (Å²) in [6.07, 6.45) is 1.60. The number of imide groups is 1. The van der Waals surface area contributed by atoms with Crippen LogP contribution in [0.1, 0.15) is 13.8 Å². The summed E-state index contributed by atoms with van der Waals surface area (Å²) in [6.45, 7) is 3.30. The van der Waals surface area contributed by atoms with Crippen molar-refractivity contribution in [2.24, 2.45) is 5.73 Å². The zero-order chi connectivity index (χ0) is 8.15. The smallest absolute Gasteiger partial charge is 0.319 e. The van der Waals surface area contributed by atoms with Gasteiger partial charge in [0.05, 0.1) is 0 Å². The van der Waals surface area contributed by atoms with Gasteiger partial charge in [-0.3, -0.25) is 10.1 Å². The van der Waals surface area contributed by atoms with Gasteiger partial charge >= 0.3 is 6.03 Å². The summed E-state index contributed by atoms with van der Waals surface area (Å²) in [6, 6.07) is -0.828. The van der Waals surface area contributed by atoms with Crippen LogP contribution in [0, 0.1) is 0 Å². The number of hydrogen-bond acceptors (Lipinski definition) is 2. The van der Waals surface area contributed by atoms with Crippen molar-refractivity contribution in [2.45, 2.75) is 13.8 Å². The maximum Gasteiger partial charge on any atom is 0.319 e. The van der Waals surface area contributed by atoms with Crippen LogP contribution in [0.2, 0.25) is 0 Å². The van der Waals surface area contributed by atoms with Crippen molar-refractivity contribution in [1.29, 1.82) is 0 Å². The first-order valence-electron chi connectivity index (χ1n) is 2.81. The number of carbonyl (C=O) groups excluding carboxylic acids is 2. The molecule has 0 aromatic heterocycles. The Hall–Kier alpha value is -1.32. The Bertz CT molecular complexity index is 184. The van der Waals surface area contributed by atoms with Gasteiger partial charge in [-0.25, -0.2) is 4.79 Å². The molecule has 56 valence electrons. The van der Waals surface area contributed by atoms with E-state index in [-0.39, 0.29) is 0 Å². The minimum absolute atomic E-state index is 0.449. The number of nitrogens with two attached hydrogens (primary N) is 1. The first-order chi connectivity index (χ1) is 4.57. The molecule has 3 amide bonds. The van der Waals surface area contributed by atoms with Crippen molar-refractivity contribution in [3.05, 3.63) is 11.6 Å². The molecule has 0 atom stereocenters. The van der Waals surface area contributed by atoms with Crippen LogP contribution in [0.5, 0.6) is 0 Å². The van der Waals surface area contributed by atoms with Gasteiger partial charge < -0.3 is 5.73 Å². The molecule has 0 saturated carbocycles. The molecule has 0 aromatic carbocycles. The molecule has 0 saturated heterocycles. The molecule has 0 spiro atoms. The van der Waals surface area contributed by atoms with Gasteiger partial charge in [-0.2, -0.15) is 0 Å². The molecule has 0 rings (SSSR count). The number of rotatable bonds is 1. The number of hydrogen-bond donors (Lipinski definition) is 2. The molecule has 0 fully saturated rings. The maximum atomic E-state index is 10.7. The lowest BCUT2D eigenvalue weighted by Gasteiger charge is -1.97. The third-order valence-corrected chi connectivity index (χ3v) is 1.03. The summed E-state index contributed by atoms with van der Waals surface area (Å²) in [5, 5.41) is 1.93. The van der Waals surface area contributed by atoms with Crippen LogP contribution in [0.25, 0.3) is 0 Å². The fourth-order valence-corrected chi connectivity index (χ4v) is 0.342. The van der Waals surface area contributed by atoms with Gasteiger partial charge in [0.1, 0.15) is 0 Å². The zero-order valence-electron chi connectivity index (χ0n) is 5.97. The number of urea groups is 1. The van der Waals surface area contributed by atoms with Crippen LogP contribution in [-0.4, -0.2) is 11.9 Å². The molecule has 0 aliphatic rings. The highest BCUT2D eigenvalue weighted by Crippen LogP contribution is 1.89. The van der Waals surface area contributed by atoms with Crippen molar-refractivity contribution in [2.75, 3.05) is 0 Å². The second-order valence-electron chi connectivity index (χ2n) is 1.79. The summed E-state index contributed by atoms with van der Waals surface area (Å²) in [4.78, 5) is 20.8. The molecular formula is C6H10N2O2. The van der Waals surface area contributed by atoms with Gasteiger partial charge in [-0.05, 0) is 13.8 Å². The SMILES string of the molecule is C/C=C(\C)C(=O)NC(N)=O. The van der Waals surface area contributed by atoms with E-state index in [9.17, 15) is 9.59 Å². The average Bonchev–Trinajstić information content (AvgIpc) is 1.85. The quantitative estimate of drug-likeness (QED) is 0.511. The number of primary amides is 1. The Kier molecular flexibility index (Phi) is 3.17. The van der Waals surface area contributed by atoms with E-state index in [1.54, 1.807) is 19.9 Å². The molecule has 4 nitrogen and oxygen atoms in total. The molecule has 10 heavy (non-hydrogen) atoms. The molecule has 0 heterocycles. The monoisotopic (exact) mass is 142 g/mol. The first kappa shape index (κ1) is 8.68. The molecule has 4 heteroatoms. The maximum absolute atomic E-state index is 10.7. The normalized spacial score (nSPS) is 10.8. The van der Waals surface area contributed by atoms with Crippen molar-refractivity contribution in [3.8, 4) is 0 Å². The molecule has 0 aliphatic heterocycles. The lowest BCUT2D eigenvalue weighted by Crippen LogP contribution is -2.35. The van der Waals surface area contributed by atoms with E-state index in [4.69, 9.17) is 0 Å². The third kappa shape index (κ3) is 2.86. The van der Waals surface area contributed by atoms with Crippen LogP contribution in [-0.2, 0) is 4.79 Å². The summed E-state index contributed by atoms with van der Waals surface area (Å²) >= 11 is 0. The number of carbonyl (C=O) groups is 2. The van der Waals surface area contributed by atoms with E-state index in [0.29, 0.717) is 5.57 Å². The zero-order valence-corrected chi connectivity index (χ0v) is 5.97. The summed E-state index contributed by atoms with van der Waals surface area (Å²) in [7, 11) is 0. The topological polar surface area (TPSA) is 72.2 Å². The van der Waals surface area contributed by atoms with E-state index in [0.717, 1.165) is 0 Å². The van der Waals surface area contributed by atoms with Crippen LogP contribution in [0.15, 0.2) is 11.6 Å². The van der Waals surface area contributed by atoms with Gasteiger partial charge in [-0.15, -0.1) is 0 Å². The van der Waals surface area contributed by atoms with Gasteiger partial charge in [0, 0.05) is 5.57 Å². The molecule has 3 N–H and O–H groups in total. The van der Waals surface area contributed by atoms with Crippen molar-refractivity contribution in [3.63, 3.8) is 0 Å². The lowest BCUT2D eigenvalue weighted by molar-refractivity contribution is -0.116. The molecule has 0 radical (unpaired) electrons. The van der Waals surface area contributed by atoms with Crippen molar-refractivity contribution >= 4 is 11.9 Å². The Balaban J connectivity index is 3.99. The van der Waals surface area contributed by atoms with Gasteiger partial charge in [0.2, 0.25) is 0 Å². The highest BCUT2D eigenvalue weighted by molar-refractivity contribution is 6.02. The second kappa shape index (κ2) is 3.66. The fourth-order valence-electron chi connectivity index (χ4n) is 0.342. The average molecular weight is 142 g/mol. The van der Waals surface area contributed by atoms with Crippen LogP contribution in [0.3, 0.4) is 0 Å². The fraction of sp³-hybridized carbons (Fsp3) is 0.333.